The average Bonchev–Trinajstić information content (AvgIpc) is 2.92. The summed E-state index contributed by atoms with van der Waals surface area (Å²) < 4.78 is 1.81. The van der Waals surface area contributed by atoms with Crippen LogP contribution in [0.25, 0.3) is 0 Å². The summed E-state index contributed by atoms with van der Waals surface area (Å²) in [7, 11) is 1.93. The Morgan fingerprint density at radius 2 is 2.22 bits per heavy atom. The van der Waals surface area contributed by atoms with Gasteiger partial charge in [-0.2, -0.15) is 5.10 Å². The molecule has 0 saturated heterocycles. The number of hydrogen-bond acceptors (Lipinski definition) is 4. The van der Waals surface area contributed by atoms with E-state index in [4.69, 9.17) is 4.99 Å². The van der Waals surface area contributed by atoms with E-state index in [1.807, 2.05) is 31.2 Å². The van der Waals surface area contributed by atoms with Gasteiger partial charge in [-0.25, -0.2) is 0 Å². The van der Waals surface area contributed by atoms with Gasteiger partial charge in [0.2, 0.25) is 0 Å². The smallest absolute Gasteiger partial charge is 0.161 e. The number of aromatic nitrogens is 2. The van der Waals surface area contributed by atoms with Crippen molar-refractivity contribution in [1.29, 1.82) is 0 Å². The van der Waals surface area contributed by atoms with Crippen molar-refractivity contribution >= 4 is 22.6 Å². The highest BCUT2D eigenvalue weighted by molar-refractivity contribution is 8.14. The average molecular weight is 264 g/mol. The molecule has 1 spiro atoms. The standard InChI is InChI=1S/C13H20N4S/c1-10-3-5-13(6-4-10)9-18-12(16-13)15-11-7-14-17(2)8-11/h7-8,10H,3-6,9H2,1-2H3,(H,15,16). The predicted molar refractivity (Wildman–Crippen MR) is 77.1 cm³/mol. The zero-order valence-corrected chi connectivity index (χ0v) is 11.8. The monoisotopic (exact) mass is 264 g/mol. The van der Waals surface area contributed by atoms with Crippen LogP contribution in [-0.2, 0) is 7.05 Å². The lowest BCUT2D eigenvalue weighted by Crippen LogP contribution is -2.32. The van der Waals surface area contributed by atoms with Gasteiger partial charge in [0.1, 0.15) is 0 Å². The van der Waals surface area contributed by atoms with Gasteiger partial charge < -0.3 is 5.32 Å². The molecule has 0 unspecified atom stereocenters. The van der Waals surface area contributed by atoms with Crippen LogP contribution in [0.1, 0.15) is 32.6 Å². The summed E-state index contributed by atoms with van der Waals surface area (Å²) in [5.74, 6) is 2.02. The third kappa shape index (κ3) is 2.41. The van der Waals surface area contributed by atoms with Crippen molar-refractivity contribution in [2.75, 3.05) is 11.1 Å². The summed E-state index contributed by atoms with van der Waals surface area (Å²) in [6.45, 7) is 2.35. The van der Waals surface area contributed by atoms with Crippen molar-refractivity contribution in [3.63, 3.8) is 0 Å². The SMILES string of the molecule is CC1CCC2(CC1)CSC(Nc1cnn(C)c1)=N2. The number of amidine groups is 1. The Kier molecular flexibility index (Phi) is 3.09. The number of aryl methyl sites for hydroxylation is 1. The summed E-state index contributed by atoms with van der Waals surface area (Å²) >= 11 is 1.85. The molecular formula is C13H20N4S. The first-order chi connectivity index (χ1) is 8.65. The number of nitrogens with zero attached hydrogens (tertiary/aromatic N) is 3. The lowest BCUT2D eigenvalue weighted by atomic mass is 9.79. The molecule has 98 valence electrons. The minimum absolute atomic E-state index is 0.224. The van der Waals surface area contributed by atoms with Crippen LogP contribution in [0.5, 0.6) is 0 Å². The van der Waals surface area contributed by atoms with Crippen LogP contribution in [0, 0.1) is 5.92 Å². The van der Waals surface area contributed by atoms with Crippen molar-refractivity contribution in [2.45, 2.75) is 38.1 Å². The first-order valence-corrected chi connectivity index (χ1v) is 7.62. The second-order valence-electron chi connectivity index (χ2n) is 5.64. The topological polar surface area (TPSA) is 42.2 Å². The van der Waals surface area contributed by atoms with Gasteiger partial charge in [-0.15, -0.1) is 0 Å². The van der Waals surface area contributed by atoms with Gasteiger partial charge in [-0.1, -0.05) is 18.7 Å². The van der Waals surface area contributed by atoms with Gasteiger partial charge in [0, 0.05) is 19.0 Å². The molecule has 1 aliphatic heterocycles. The Bertz CT molecular complexity index is 457. The van der Waals surface area contributed by atoms with E-state index in [2.05, 4.69) is 17.3 Å². The summed E-state index contributed by atoms with van der Waals surface area (Å²) in [5, 5.41) is 8.60. The third-order valence-electron chi connectivity index (χ3n) is 3.98. The fourth-order valence-electron chi connectivity index (χ4n) is 2.71. The quantitative estimate of drug-likeness (QED) is 0.848. The Morgan fingerprint density at radius 3 is 2.89 bits per heavy atom. The highest BCUT2D eigenvalue weighted by atomic mass is 32.2. The number of aliphatic imine (C=N–C) groups is 1. The van der Waals surface area contributed by atoms with Gasteiger partial charge in [0.25, 0.3) is 0 Å². The summed E-state index contributed by atoms with van der Waals surface area (Å²) in [4.78, 5) is 4.95. The number of thioether (sulfide) groups is 1. The second kappa shape index (κ2) is 4.61. The second-order valence-corrected chi connectivity index (χ2v) is 6.60. The van der Waals surface area contributed by atoms with E-state index in [0.717, 1.165) is 22.5 Å². The molecule has 0 radical (unpaired) electrons. The first kappa shape index (κ1) is 12.1. The van der Waals surface area contributed by atoms with Crippen molar-refractivity contribution in [1.82, 2.24) is 9.78 Å². The van der Waals surface area contributed by atoms with Crippen molar-refractivity contribution in [2.24, 2.45) is 18.0 Å². The van der Waals surface area contributed by atoms with Crippen LogP contribution in [0.3, 0.4) is 0 Å². The molecule has 1 aromatic rings. The molecule has 1 N–H and O–H groups in total. The van der Waals surface area contributed by atoms with Gasteiger partial charge in [0.05, 0.1) is 17.4 Å². The van der Waals surface area contributed by atoms with E-state index in [1.165, 1.54) is 25.7 Å². The molecule has 0 aromatic carbocycles. The number of rotatable bonds is 1. The highest BCUT2D eigenvalue weighted by Crippen LogP contribution is 2.41. The van der Waals surface area contributed by atoms with E-state index < -0.39 is 0 Å². The molecule has 2 aliphatic rings. The lowest BCUT2D eigenvalue weighted by Gasteiger charge is -2.32. The maximum Gasteiger partial charge on any atom is 0.161 e. The number of nitrogens with one attached hydrogen (secondary N) is 1. The van der Waals surface area contributed by atoms with E-state index in [9.17, 15) is 0 Å². The first-order valence-electron chi connectivity index (χ1n) is 6.64. The van der Waals surface area contributed by atoms with Crippen molar-refractivity contribution in [3.05, 3.63) is 12.4 Å². The van der Waals surface area contributed by atoms with Crippen molar-refractivity contribution in [3.8, 4) is 0 Å². The largest absolute Gasteiger partial charge is 0.332 e. The Labute approximate surface area is 112 Å². The van der Waals surface area contributed by atoms with Crippen LogP contribution in [0.15, 0.2) is 17.4 Å². The van der Waals surface area contributed by atoms with Crippen LogP contribution in [0.2, 0.25) is 0 Å². The normalized spacial score (nSPS) is 31.7. The van der Waals surface area contributed by atoms with Crippen LogP contribution in [-0.4, -0.2) is 26.2 Å². The molecule has 1 saturated carbocycles. The number of hydrogen-bond donors (Lipinski definition) is 1. The lowest BCUT2D eigenvalue weighted by molar-refractivity contribution is 0.273. The van der Waals surface area contributed by atoms with E-state index in [-0.39, 0.29) is 5.54 Å². The molecule has 2 heterocycles. The minimum atomic E-state index is 0.224. The van der Waals surface area contributed by atoms with Gasteiger partial charge in [-0.3, -0.25) is 9.67 Å². The highest BCUT2D eigenvalue weighted by Gasteiger charge is 2.38. The molecule has 5 heteroatoms. The maximum absolute atomic E-state index is 4.95. The van der Waals surface area contributed by atoms with Crippen LogP contribution in [0.4, 0.5) is 5.69 Å². The fraction of sp³-hybridized carbons (Fsp3) is 0.692. The fourth-order valence-corrected chi connectivity index (χ4v) is 3.92. The molecule has 1 aromatic heterocycles. The van der Waals surface area contributed by atoms with Crippen molar-refractivity contribution < 1.29 is 0 Å². The Balaban J connectivity index is 1.68. The van der Waals surface area contributed by atoms with Crippen LogP contribution < -0.4 is 5.32 Å². The minimum Gasteiger partial charge on any atom is -0.332 e. The maximum atomic E-state index is 4.95. The molecule has 1 fully saturated rings. The molecule has 0 bridgehead atoms. The van der Waals surface area contributed by atoms with E-state index >= 15 is 0 Å². The van der Waals surface area contributed by atoms with Gasteiger partial charge in [0.15, 0.2) is 5.17 Å². The van der Waals surface area contributed by atoms with E-state index in [0.29, 0.717) is 0 Å². The molecule has 3 rings (SSSR count). The molecule has 0 atom stereocenters. The molecular weight excluding hydrogens is 244 g/mol. The molecule has 0 amide bonds. The zero-order chi connectivity index (χ0) is 12.6. The molecule has 1 aliphatic carbocycles. The van der Waals surface area contributed by atoms with Crippen LogP contribution >= 0.6 is 11.8 Å². The molecule has 18 heavy (non-hydrogen) atoms. The zero-order valence-electron chi connectivity index (χ0n) is 11.0. The summed E-state index contributed by atoms with van der Waals surface area (Å²) in [6, 6.07) is 0. The van der Waals surface area contributed by atoms with Gasteiger partial charge >= 0.3 is 0 Å². The predicted octanol–water partition coefficient (Wildman–Crippen LogP) is 2.88. The number of anilines is 1. The molecule has 4 nitrogen and oxygen atoms in total. The summed E-state index contributed by atoms with van der Waals surface area (Å²) in [5.41, 5.74) is 1.26. The Morgan fingerprint density at radius 1 is 1.44 bits per heavy atom. The summed E-state index contributed by atoms with van der Waals surface area (Å²) in [6.07, 6.45) is 8.97. The van der Waals surface area contributed by atoms with E-state index in [1.54, 1.807) is 4.68 Å². The third-order valence-corrected chi connectivity index (χ3v) is 5.13. The van der Waals surface area contributed by atoms with Gasteiger partial charge in [-0.05, 0) is 31.6 Å². The Hall–Kier alpha value is -0.970.